The summed E-state index contributed by atoms with van der Waals surface area (Å²) in [5, 5.41) is 0. The van der Waals surface area contributed by atoms with Crippen molar-refractivity contribution in [1.29, 1.82) is 0 Å². The Hall–Kier alpha value is -0.870. The molecule has 0 aromatic heterocycles. The Morgan fingerprint density at radius 1 is 1.60 bits per heavy atom. The summed E-state index contributed by atoms with van der Waals surface area (Å²) in [5.41, 5.74) is 0.737. The van der Waals surface area contributed by atoms with Gasteiger partial charge in [-0.2, -0.15) is 0 Å². The van der Waals surface area contributed by atoms with E-state index in [1.807, 2.05) is 6.92 Å². The molecule has 0 amide bonds. The van der Waals surface area contributed by atoms with Gasteiger partial charge in [0, 0.05) is 19.6 Å². The molecular formula is C11H16O4. The quantitative estimate of drug-likeness (QED) is 0.390. The van der Waals surface area contributed by atoms with Gasteiger partial charge in [-0.1, -0.05) is 0 Å². The molecule has 0 radical (unpaired) electrons. The van der Waals surface area contributed by atoms with Crippen molar-refractivity contribution in [2.75, 3.05) is 14.2 Å². The molecule has 1 aliphatic heterocycles. The van der Waals surface area contributed by atoms with Crippen molar-refractivity contribution >= 4 is 5.97 Å². The van der Waals surface area contributed by atoms with Crippen LogP contribution in [0, 0.1) is 0 Å². The molecule has 4 nitrogen and oxygen atoms in total. The molecule has 3 atom stereocenters. The number of hydrogen-bond acceptors (Lipinski definition) is 4. The van der Waals surface area contributed by atoms with Gasteiger partial charge in [0.25, 0.3) is 0 Å². The minimum absolute atomic E-state index is 0.154. The summed E-state index contributed by atoms with van der Waals surface area (Å²) in [5.74, 6) is -0.322. The lowest BCUT2D eigenvalue weighted by Gasteiger charge is -2.24. The first-order valence-electron chi connectivity index (χ1n) is 5.09. The first-order chi connectivity index (χ1) is 7.10. The number of carbonyl (C=O) groups excluding carboxylic acids is 1. The number of carbonyl (C=O) groups is 1. The van der Waals surface area contributed by atoms with Crippen LogP contribution in [-0.2, 0) is 19.0 Å². The zero-order chi connectivity index (χ0) is 11.1. The van der Waals surface area contributed by atoms with E-state index in [1.54, 1.807) is 7.11 Å². The van der Waals surface area contributed by atoms with Gasteiger partial charge in [-0.3, -0.25) is 0 Å². The van der Waals surface area contributed by atoms with E-state index < -0.39 is 0 Å². The van der Waals surface area contributed by atoms with Gasteiger partial charge in [-0.15, -0.1) is 0 Å². The van der Waals surface area contributed by atoms with E-state index in [4.69, 9.17) is 9.47 Å². The topological polar surface area (TPSA) is 48.1 Å². The highest BCUT2D eigenvalue weighted by atomic mass is 16.6. The fourth-order valence-corrected chi connectivity index (χ4v) is 2.17. The van der Waals surface area contributed by atoms with Gasteiger partial charge < -0.3 is 14.2 Å². The predicted molar refractivity (Wildman–Crippen MR) is 53.4 cm³/mol. The fourth-order valence-electron chi connectivity index (χ4n) is 2.17. The number of fused-ring (bicyclic) bond motifs is 1. The molecule has 2 rings (SSSR count). The van der Waals surface area contributed by atoms with Gasteiger partial charge in [0.2, 0.25) is 0 Å². The molecule has 1 heterocycles. The van der Waals surface area contributed by atoms with E-state index in [9.17, 15) is 4.79 Å². The molecule has 1 saturated heterocycles. The third kappa shape index (κ3) is 1.79. The summed E-state index contributed by atoms with van der Waals surface area (Å²) in [6.45, 7) is 2.01. The summed E-state index contributed by atoms with van der Waals surface area (Å²) in [6.07, 6.45) is 3.54. The van der Waals surface area contributed by atoms with E-state index in [0.717, 1.165) is 18.4 Å². The SMILES string of the molecule is COC(=O)/C=C1\CC(OC)CC2O[C@@]12C. The van der Waals surface area contributed by atoms with Crippen molar-refractivity contribution in [2.24, 2.45) is 0 Å². The van der Waals surface area contributed by atoms with Gasteiger partial charge >= 0.3 is 5.97 Å². The Kier molecular flexibility index (Phi) is 2.56. The zero-order valence-electron chi connectivity index (χ0n) is 9.28. The van der Waals surface area contributed by atoms with Gasteiger partial charge in [-0.05, 0) is 18.9 Å². The lowest BCUT2D eigenvalue weighted by atomic mass is 9.83. The monoisotopic (exact) mass is 212 g/mol. The summed E-state index contributed by atoms with van der Waals surface area (Å²) in [6, 6.07) is 0. The Balaban J connectivity index is 2.15. The molecule has 1 aliphatic carbocycles. The highest BCUT2D eigenvalue weighted by Gasteiger charge is 2.58. The third-order valence-electron chi connectivity index (χ3n) is 3.33. The molecule has 0 aromatic carbocycles. The van der Waals surface area contributed by atoms with Crippen LogP contribution in [0.3, 0.4) is 0 Å². The zero-order valence-corrected chi connectivity index (χ0v) is 9.28. The van der Waals surface area contributed by atoms with E-state index in [1.165, 1.54) is 13.2 Å². The minimum Gasteiger partial charge on any atom is -0.466 e. The van der Waals surface area contributed by atoms with Crippen LogP contribution in [0.15, 0.2) is 11.6 Å². The molecule has 0 aromatic rings. The third-order valence-corrected chi connectivity index (χ3v) is 3.33. The molecule has 15 heavy (non-hydrogen) atoms. The maximum Gasteiger partial charge on any atom is 0.330 e. The minimum atomic E-state index is -0.322. The molecule has 84 valence electrons. The molecule has 1 saturated carbocycles. The largest absolute Gasteiger partial charge is 0.466 e. The summed E-state index contributed by atoms with van der Waals surface area (Å²) in [7, 11) is 3.06. The smallest absolute Gasteiger partial charge is 0.330 e. The van der Waals surface area contributed by atoms with Crippen LogP contribution < -0.4 is 0 Å². The number of rotatable bonds is 2. The van der Waals surface area contributed by atoms with Crippen LogP contribution >= 0.6 is 0 Å². The van der Waals surface area contributed by atoms with E-state index >= 15 is 0 Å². The lowest BCUT2D eigenvalue weighted by Crippen LogP contribution is -2.29. The van der Waals surface area contributed by atoms with E-state index in [2.05, 4.69) is 4.74 Å². The highest BCUT2D eigenvalue weighted by molar-refractivity contribution is 5.83. The number of methoxy groups -OCH3 is 2. The van der Waals surface area contributed by atoms with Crippen LogP contribution in [0.1, 0.15) is 19.8 Å². The van der Waals surface area contributed by atoms with Gasteiger partial charge in [0.15, 0.2) is 0 Å². The molecule has 0 bridgehead atoms. The molecule has 0 spiro atoms. The molecule has 4 heteroatoms. The lowest BCUT2D eigenvalue weighted by molar-refractivity contribution is -0.134. The first-order valence-corrected chi connectivity index (χ1v) is 5.09. The molecule has 0 N–H and O–H groups in total. The molecular weight excluding hydrogens is 196 g/mol. The summed E-state index contributed by atoms with van der Waals surface area (Å²) in [4.78, 5) is 11.2. The summed E-state index contributed by atoms with van der Waals surface area (Å²) >= 11 is 0. The van der Waals surface area contributed by atoms with Crippen molar-refractivity contribution in [2.45, 2.75) is 37.6 Å². The number of hydrogen-bond donors (Lipinski definition) is 0. The fraction of sp³-hybridized carbons (Fsp3) is 0.727. The Morgan fingerprint density at radius 3 is 2.93 bits per heavy atom. The van der Waals surface area contributed by atoms with E-state index in [0.29, 0.717) is 0 Å². The van der Waals surface area contributed by atoms with Crippen molar-refractivity contribution in [1.82, 2.24) is 0 Å². The Labute approximate surface area is 89.2 Å². The predicted octanol–water partition coefficient (Wildman–Crippen LogP) is 1.05. The second-order valence-electron chi connectivity index (χ2n) is 4.20. The molecule has 2 aliphatic rings. The average molecular weight is 212 g/mol. The van der Waals surface area contributed by atoms with Crippen LogP contribution in [0.5, 0.6) is 0 Å². The highest BCUT2D eigenvalue weighted by Crippen LogP contribution is 2.51. The molecule has 2 unspecified atom stereocenters. The average Bonchev–Trinajstić information content (AvgIpc) is 2.90. The number of ether oxygens (including phenoxy) is 3. The normalized spacial score (nSPS) is 41.1. The number of epoxide rings is 1. The van der Waals surface area contributed by atoms with E-state index in [-0.39, 0.29) is 23.8 Å². The van der Waals surface area contributed by atoms with Crippen LogP contribution in [-0.4, -0.2) is 38.0 Å². The van der Waals surface area contributed by atoms with Crippen LogP contribution in [0.2, 0.25) is 0 Å². The molecule has 2 fully saturated rings. The second-order valence-corrected chi connectivity index (χ2v) is 4.20. The second kappa shape index (κ2) is 3.61. The summed E-state index contributed by atoms with van der Waals surface area (Å²) < 4.78 is 15.5. The number of esters is 1. The van der Waals surface area contributed by atoms with Gasteiger partial charge in [0.1, 0.15) is 5.60 Å². The van der Waals surface area contributed by atoms with Crippen LogP contribution in [0.25, 0.3) is 0 Å². The van der Waals surface area contributed by atoms with Crippen molar-refractivity contribution < 1.29 is 19.0 Å². The Bertz CT molecular complexity index is 310. The van der Waals surface area contributed by atoms with Gasteiger partial charge in [0.05, 0.1) is 19.3 Å². The van der Waals surface area contributed by atoms with Crippen molar-refractivity contribution in [3.8, 4) is 0 Å². The van der Waals surface area contributed by atoms with Crippen molar-refractivity contribution in [3.63, 3.8) is 0 Å². The standard InChI is InChI=1S/C11H16O4/c1-11-7(5-10(12)14-3)4-8(13-2)6-9(11)15-11/h5,8-9H,4,6H2,1-3H3/b7-5+/t8?,9?,11-/m0/s1. The maximum absolute atomic E-state index is 11.2. The van der Waals surface area contributed by atoms with Gasteiger partial charge in [-0.25, -0.2) is 4.79 Å². The maximum atomic E-state index is 11.2. The van der Waals surface area contributed by atoms with Crippen LogP contribution in [0.4, 0.5) is 0 Å². The first kappa shape index (κ1) is 10.6. The van der Waals surface area contributed by atoms with Crippen molar-refractivity contribution in [3.05, 3.63) is 11.6 Å². The Morgan fingerprint density at radius 2 is 2.33 bits per heavy atom.